The van der Waals surface area contributed by atoms with Gasteiger partial charge >= 0.3 is 0 Å². The zero-order chi connectivity index (χ0) is 10.1. The Bertz CT molecular complexity index is 411. The third kappa shape index (κ3) is 2.18. The van der Waals surface area contributed by atoms with Crippen molar-refractivity contribution in [3.8, 4) is 5.88 Å². The van der Waals surface area contributed by atoms with Gasteiger partial charge in [-0.15, -0.1) is 0 Å². The van der Waals surface area contributed by atoms with Gasteiger partial charge in [0.15, 0.2) is 9.84 Å². The molecular weight excluding hydrogens is 190 g/mol. The Kier molecular flexibility index (Phi) is 2.56. The van der Waals surface area contributed by atoms with E-state index in [0.29, 0.717) is 0 Å². The van der Waals surface area contributed by atoms with Gasteiger partial charge in [0.1, 0.15) is 4.90 Å². The molecule has 0 bridgehead atoms. The summed E-state index contributed by atoms with van der Waals surface area (Å²) in [5.41, 5.74) is 0.793. The van der Waals surface area contributed by atoms with Crippen molar-refractivity contribution in [2.75, 3.05) is 13.4 Å². The summed E-state index contributed by atoms with van der Waals surface area (Å²) >= 11 is 0. The molecule has 72 valence electrons. The van der Waals surface area contributed by atoms with Gasteiger partial charge < -0.3 is 4.74 Å². The number of hydrogen-bond acceptors (Lipinski definition) is 4. The lowest BCUT2D eigenvalue weighted by molar-refractivity contribution is 0.385. The van der Waals surface area contributed by atoms with Crippen molar-refractivity contribution in [3.63, 3.8) is 0 Å². The number of aromatic nitrogens is 1. The van der Waals surface area contributed by atoms with Crippen molar-refractivity contribution >= 4 is 9.84 Å². The minimum absolute atomic E-state index is 0.134. The van der Waals surface area contributed by atoms with E-state index in [9.17, 15) is 8.42 Å². The first-order valence-electron chi connectivity index (χ1n) is 3.66. The minimum atomic E-state index is -3.26. The van der Waals surface area contributed by atoms with E-state index in [1.54, 1.807) is 19.2 Å². The molecule has 5 heteroatoms. The van der Waals surface area contributed by atoms with Crippen molar-refractivity contribution in [1.29, 1.82) is 0 Å². The molecule has 4 nitrogen and oxygen atoms in total. The maximum absolute atomic E-state index is 11.2. The van der Waals surface area contributed by atoms with Gasteiger partial charge in [-0.25, -0.2) is 13.4 Å². The smallest absolute Gasteiger partial charge is 0.232 e. The highest BCUT2D eigenvalue weighted by molar-refractivity contribution is 7.90. The Balaban J connectivity index is 3.41. The van der Waals surface area contributed by atoms with Crippen molar-refractivity contribution in [2.45, 2.75) is 11.8 Å². The van der Waals surface area contributed by atoms with Gasteiger partial charge in [0.25, 0.3) is 0 Å². The molecular formula is C8H11NO3S. The SMILES string of the molecule is COc1ncc(C)cc1S(C)(=O)=O. The van der Waals surface area contributed by atoms with Gasteiger partial charge in [0, 0.05) is 12.5 Å². The zero-order valence-corrected chi connectivity index (χ0v) is 8.55. The number of aryl methyl sites for hydroxylation is 1. The summed E-state index contributed by atoms with van der Waals surface area (Å²) in [5.74, 6) is 0.146. The summed E-state index contributed by atoms with van der Waals surface area (Å²) in [6, 6.07) is 1.54. The fourth-order valence-corrected chi connectivity index (χ4v) is 1.80. The van der Waals surface area contributed by atoms with Crippen LogP contribution in [0.1, 0.15) is 5.56 Å². The second-order valence-electron chi connectivity index (χ2n) is 2.79. The molecule has 0 fully saturated rings. The van der Waals surface area contributed by atoms with E-state index in [0.717, 1.165) is 11.8 Å². The lowest BCUT2D eigenvalue weighted by Gasteiger charge is -2.05. The van der Waals surface area contributed by atoms with Gasteiger partial charge in [-0.2, -0.15) is 0 Å². The second kappa shape index (κ2) is 3.33. The average molecular weight is 201 g/mol. The number of sulfone groups is 1. The number of nitrogens with zero attached hydrogens (tertiary/aromatic N) is 1. The topological polar surface area (TPSA) is 56.3 Å². The van der Waals surface area contributed by atoms with Gasteiger partial charge in [0.05, 0.1) is 7.11 Å². The largest absolute Gasteiger partial charge is 0.480 e. The molecule has 1 aromatic heterocycles. The average Bonchev–Trinajstić information content (AvgIpc) is 2.03. The molecule has 0 unspecified atom stereocenters. The van der Waals surface area contributed by atoms with Crippen LogP contribution >= 0.6 is 0 Å². The second-order valence-corrected chi connectivity index (χ2v) is 4.78. The fraction of sp³-hybridized carbons (Fsp3) is 0.375. The van der Waals surface area contributed by atoms with Crippen LogP contribution < -0.4 is 4.74 Å². The summed E-state index contributed by atoms with van der Waals surface area (Å²) in [6.45, 7) is 1.78. The highest BCUT2D eigenvalue weighted by Crippen LogP contribution is 2.21. The number of hydrogen-bond donors (Lipinski definition) is 0. The van der Waals surface area contributed by atoms with E-state index < -0.39 is 9.84 Å². The fourth-order valence-electron chi connectivity index (χ4n) is 0.949. The van der Waals surface area contributed by atoms with Crippen molar-refractivity contribution in [2.24, 2.45) is 0 Å². The monoisotopic (exact) mass is 201 g/mol. The Labute approximate surface area is 77.5 Å². The van der Waals surface area contributed by atoms with Gasteiger partial charge in [0.2, 0.25) is 5.88 Å². The number of pyridine rings is 1. The number of rotatable bonds is 2. The molecule has 0 aliphatic carbocycles. The standard InChI is InChI=1S/C8H11NO3S/c1-6-4-7(13(3,10)11)8(12-2)9-5-6/h4-5H,1-3H3. The number of ether oxygens (including phenoxy) is 1. The maximum Gasteiger partial charge on any atom is 0.232 e. The third-order valence-corrected chi connectivity index (χ3v) is 2.64. The molecule has 13 heavy (non-hydrogen) atoms. The molecule has 0 atom stereocenters. The predicted octanol–water partition coefficient (Wildman–Crippen LogP) is 0.802. The molecule has 0 aromatic carbocycles. The van der Waals surface area contributed by atoms with Crippen LogP contribution in [0.4, 0.5) is 0 Å². The first-order valence-corrected chi connectivity index (χ1v) is 5.55. The van der Waals surface area contributed by atoms with Gasteiger partial charge in [-0.3, -0.25) is 0 Å². The molecule has 0 radical (unpaired) electrons. The Morgan fingerprint density at radius 3 is 2.54 bits per heavy atom. The summed E-state index contributed by atoms with van der Waals surface area (Å²) in [4.78, 5) is 4.00. The summed E-state index contributed by atoms with van der Waals surface area (Å²) in [6.07, 6.45) is 2.69. The van der Waals surface area contributed by atoms with Crippen LogP contribution in [0.2, 0.25) is 0 Å². The van der Waals surface area contributed by atoms with Crippen LogP contribution in [0.25, 0.3) is 0 Å². The molecule has 0 spiro atoms. The quantitative estimate of drug-likeness (QED) is 0.710. The minimum Gasteiger partial charge on any atom is -0.480 e. The van der Waals surface area contributed by atoms with E-state index >= 15 is 0 Å². The first kappa shape index (κ1) is 9.98. The van der Waals surface area contributed by atoms with Crippen molar-refractivity contribution in [1.82, 2.24) is 4.98 Å². The highest BCUT2D eigenvalue weighted by atomic mass is 32.2. The van der Waals surface area contributed by atoms with E-state index in [-0.39, 0.29) is 10.8 Å². The molecule has 0 aliphatic rings. The van der Waals surface area contributed by atoms with Gasteiger partial charge in [-0.1, -0.05) is 0 Å². The van der Waals surface area contributed by atoms with Crippen LogP contribution in [0.5, 0.6) is 5.88 Å². The molecule has 0 saturated heterocycles. The van der Waals surface area contributed by atoms with Gasteiger partial charge in [-0.05, 0) is 18.6 Å². The van der Waals surface area contributed by atoms with Crippen LogP contribution in [0.3, 0.4) is 0 Å². The molecule has 0 saturated carbocycles. The molecule has 1 aromatic rings. The van der Waals surface area contributed by atoms with Crippen LogP contribution in [-0.2, 0) is 9.84 Å². The van der Waals surface area contributed by atoms with Crippen molar-refractivity contribution in [3.05, 3.63) is 17.8 Å². The number of methoxy groups -OCH3 is 1. The predicted molar refractivity (Wildman–Crippen MR) is 48.6 cm³/mol. The highest BCUT2D eigenvalue weighted by Gasteiger charge is 2.14. The molecule has 1 rings (SSSR count). The van der Waals surface area contributed by atoms with E-state index in [1.165, 1.54) is 7.11 Å². The van der Waals surface area contributed by atoms with E-state index in [2.05, 4.69) is 4.98 Å². The maximum atomic E-state index is 11.2. The van der Waals surface area contributed by atoms with Crippen LogP contribution in [0, 0.1) is 6.92 Å². The zero-order valence-electron chi connectivity index (χ0n) is 7.73. The summed E-state index contributed by atoms with van der Waals surface area (Å²) in [5, 5.41) is 0. The molecule has 0 aliphatic heterocycles. The summed E-state index contributed by atoms with van der Waals surface area (Å²) < 4.78 is 27.3. The normalized spacial score (nSPS) is 11.3. The Morgan fingerprint density at radius 1 is 1.46 bits per heavy atom. The first-order chi connectivity index (χ1) is 5.95. The van der Waals surface area contributed by atoms with Crippen LogP contribution in [-0.4, -0.2) is 26.8 Å². The van der Waals surface area contributed by atoms with E-state index in [1.807, 2.05) is 0 Å². The van der Waals surface area contributed by atoms with E-state index in [4.69, 9.17) is 4.74 Å². The lowest BCUT2D eigenvalue weighted by Crippen LogP contribution is -2.02. The molecule has 0 amide bonds. The Hall–Kier alpha value is -1.10. The lowest BCUT2D eigenvalue weighted by atomic mass is 10.3. The third-order valence-electron chi connectivity index (χ3n) is 1.55. The Morgan fingerprint density at radius 2 is 2.08 bits per heavy atom. The molecule has 0 N–H and O–H groups in total. The summed E-state index contributed by atoms with van der Waals surface area (Å²) in [7, 11) is -1.86. The van der Waals surface area contributed by atoms with Crippen molar-refractivity contribution < 1.29 is 13.2 Å². The van der Waals surface area contributed by atoms with Crippen LogP contribution in [0.15, 0.2) is 17.2 Å². The molecule has 1 heterocycles.